The van der Waals surface area contributed by atoms with Crippen LogP contribution >= 0.6 is 0 Å². The molecule has 6 heteroatoms. The van der Waals surface area contributed by atoms with Gasteiger partial charge in [0.25, 0.3) is 0 Å². The first kappa shape index (κ1) is 13.8. The van der Waals surface area contributed by atoms with Crippen molar-refractivity contribution in [2.75, 3.05) is 39.6 Å². The van der Waals surface area contributed by atoms with Crippen LogP contribution in [0.2, 0.25) is 0 Å². The normalized spacial score (nSPS) is 12.3. The van der Waals surface area contributed by atoms with E-state index in [1.807, 2.05) is 0 Å². The Kier molecular flexibility index (Phi) is 7.08. The molecule has 0 aliphatic rings. The summed E-state index contributed by atoms with van der Waals surface area (Å²) in [5.74, 6) is 0.132. The van der Waals surface area contributed by atoms with Crippen molar-refractivity contribution >= 4 is 10.0 Å². The summed E-state index contributed by atoms with van der Waals surface area (Å²) >= 11 is 0. The van der Waals surface area contributed by atoms with Crippen molar-refractivity contribution in [1.29, 1.82) is 0 Å². The lowest BCUT2D eigenvalue weighted by atomic mass is 10.5. The average molecular weight is 224 g/mol. The van der Waals surface area contributed by atoms with E-state index in [0.29, 0.717) is 26.1 Å². The van der Waals surface area contributed by atoms with Gasteiger partial charge in [-0.1, -0.05) is 0 Å². The van der Waals surface area contributed by atoms with E-state index in [4.69, 9.17) is 10.5 Å². The molecule has 0 aromatic carbocycles. The lowest BCUT2D eigenvalue weighted by Gasteiger charge is -2.16. The SMILES string of the molecule is COCCCN(C)S(=O)(=O)CCCN. The van der Waals surface area contributed by atoms with Crippen LogP contribution in [0, 0.1) is 0 Å². The molecule has 0 saturated carbocycles. The highest BCUT2D eigenvalue weighted by molar-refractivity contribution is 7.89. The van der Waals surface area contributed by atoms with Gasteiger partial charge < -0.3 is 10.5 Å². The van der Waals surface area contributed by atoms with Crippen molar-refractivity contribution in [1.82, 2.24) is 4.31 Å². The van der Waals surface area contributed by atoms with Crippen molar-refractivity contribution in [3.8, 4) is 0 Å². The Balaban J connectivity index is 3.89. The molecule has 0 rings (SSSR count). The summed E-state index contributed by atoms with van der Waals surface area (Å²) in [6.07, 6.45) is 1.23. The third kappa shape index (κ3) is 5.54. The molecule has 14 heavy (non-hydrogen) atoms. The fourth-order valence-electron chi connectivity index (χ4n) is 0.992. The topological polar surface area (TPSA) is 72.6 Å². The Labute approximate surface area is 86.3 Å². The molecule has 0 amide bonds. The number of methoxy groups -OCH3 is 1. The average Bonchev–Trinajstić information content (AvgIpc) is 2.15. The minimum absolute atomic E-state index is 0.132. The predicted molar refractivity (Wildman–Crippen MR) is 56.6 cm³/mol. The highest BCUT2D eigenvalue weighted by Gasteiger charge is 2.15. The van der Waals surface area contributed by atoms with E-state index < -0.39 is 10.0 Å². The molecule has 0 aromatic heterocycles. The zero-order chi connectivity index (χ0) is 11.0. The zero-order valence-electron chi connectivity index (χ0n) is 8.90. The molecule has 0 saturated heterocycles. The maximum atomic E-state index is 11.5. The smallest absolute Gasteiger partial charge is 0.213 e. The van der Waals surface area contributed by atoms with Gasteiger partial charge in [-0.2, -0.15) is 0 Å². The third-order valence-corrected chi connectivity index (χ3v) is 3.84. The van der Waals surface area contributed by atoms with Crippen molar-refractivity contribution in [2.45, 2.75) is 12.8 Å². The highest BCUT2D eigenvalue weighted by Crippen LogP contribution is 2.00. The summed E-state index contributed by atoms with van der Waals surface area (Å²) in [7, 11) is 0.0798. The fourth-order valence-corrected chi connectivity index (χ4v) is 2.24. The van der Waals surface area contributed by atoms with Crippen LogP contribution in [0.3, 0.4) is 0 Å². The standard InChI is InChI=1S/C8H20N2O3S/c1-10(6-4-7-13-2)14(11,12)8-3-5-9/h3-9H2,1-2H3. The van der Waals surface area contributed by atoms with E-state index in [1.165, 1.54) is 4.31 Å². The van der Waals surface area contributed by atoms with Crippen LogP contribution < -0.4 is 5.73 Å². The van der Waals surface area contributed by atoms with Crippen LogP contribution in [0.15, 0.2) is 0 Å². The number of rotatable bonds is 8. The number of nitrogens with two attached hydrogens (primary N) is 1. The van der Waals surface area contributed by atoms with Gasteiger partial charge in [0, 0.05) is 27.3 Å². The summed E-state index contributed by atoms with van der Waals surface area (Å²) < 4.78 is 29.2. The van der Waals surface area contributed by atoms with Crippen molar-refractivity contribution < 1.29 is 13.2 Å². The molecule has 0 spiro atoms. The van der Waals surface area contributed by atoms with Gasteiger partial charge in [-0.05, 0) is 19.4 Å². The summed E-state index contributed by atoms with van der Waals surface area (Å²) in [6, 6.07) is 0. The first-order valence-corrected chi connectivity index (χ1v) is 6.28. The molecule has 0 unspecified atom stereocenters. The van der Waals surface area contributed by atoms with Crippen molar-refractivity contribution in [3.63, 3.8) is 0 Å². The Morgan fingerprint density at radius 2 is 2.00 bits per heavy atom. The van der Waals surface area contributed by atoms with Crippen LogP contribution in [0.5, 0.6) is 0 Å². The van der Waals surface area contributed by atoms with Gasteiger partial charge in [0.15, 0.2) is 0 Å². The van der Waals surface area contributed by atoms with Gasteiger partial charge >= 0.3 is 0 Å². The molecule has 0 aliphatic heterocycles. The summed E-state index contributed by atoms with van der Waals surface area (Å²) in [4.78, 5) is 0. The minimum Gasteiger partial charge on any atom is -0.385 e. The van der Waals surface area contributed by atoms with E-state index in [1.54, 1.807) is 14.2 Å². The lowest BCUT2D eigenvalue weighted by molar-refractivity contribution is 0.189. The molecule has 86 valence electrons. The number of sulfonamides is 1. The third-order valence-electron chi connectivity index (χ3n) is 1.90. The molecule has 0 aromatic rings. The monoisotopic (exact) mass is 224 g/mol. The van der Waals surface area contributed by atoms with E-state index in [0.717, 1.165) is 6.42 Å². The van der Waals surface area contributed by atoms with E-state index in [2.05, 4.69) is 0 Å². The fraction of sp³-hybridized carbons (Fsp3) is 1.00. The quantitative estimate of drug-likeness (QED) is 0.571. The predicted octanol–water partition coefficient (Wildman–Crippen LogP) is -0.367. The van der Waals surface area contributed by atoms with Gasteiger partial charge in [-0.3, -0.25) is 0 Å². The molecule has 0 radical (unpaired) electrons. The summed E-state index contributed by atoms with van der Waals surface area (Å²) in [5, 5.41) is 0. The second kappa shape index (κ2) is 7.17. The van der Waals surface area contributed by atoms with Gasteiger partial charge in [0.05, 0.1) is 5.75 Å². The maximum Gasteiger partial charge on any atom is 0.213 e. The zero-order valence-corrected chi connectivity index (χ0v) is 9.72. The van der Waals surface area contributed by atoms with Gasteiger partial charge in [0.2, 0.25) is 10.0 Å². The van der Waals surface area contributed by atoms with E-state index in [-0.39, 0.29) is 5.75 Å². The summed E-state index contributed by atoms with van der Waals surface area (Å²) in [6.45, 7) is 1.49. The van der Waals surface area contributed by atoms with Gasteiger partial charge in [0.1, 0.15) is 0 Å². The molecular formula is C8H20N2O3S. The second-order valence-corrected chi connectivity index (χ2v) is 5.32. The number of ether oxygens (including phenoxy) is 1. The van der Waals surface area contributed by atoms with Crippen molar-refractivity contribution in [2.24, 2.45) is 5.73 Å². The number of hydrogen-bond donors (Lipinski definition) is 1. The Hall–Kier alpha value is -0.170. The maximum absolute atomic E-state index is 11.5. The summed E-state index contributed by atoms with van der Waals surface area (Å²) in [5.41, 5.74) is 5.25. The lowest BCUT2D eigenvalue weighted by Crippen LogP contribution is -2.31. The highest BCUT2D eigenvalue weighted by atomic mass is 32.2. The van der Waals surface area contributed by atoms with Crippen LogP contribution in [0.1, 0.15) is 12.8 Å². The molecule has 0 fully saturated rings. The Bertz CT molecular complexity index is 229. The van der Waals surface area contributed by atoms with Crippen LogP contribution in [-0.2, 0) is 14.8 Å². The molecule has 0 aliphatic carbocycles. The van der Waals surface area contributed by atoms with Crippen molar-refractivity contribution in [3.05, 3.63) is 0 Å². The molecule has 0 bridgehead atoms. The van der Waals surface area contributed by atoms with Crippen LogP contribution in [-0.4, -0.2) is 52.3 Å². The van der Waals surface area contributed by atoms with Crippen LogP contribution in [0.4, 0.5) is 0 Å². The minimum atomic E-state index is -3.11. The number of hydrogen-bond acceptors (Lipinski definition) is 4. The first-order chi connectivity index (χ1) is 6.54. The van der Waals surface area contributed by atoms with Gasteiger partial charge in [-0.15, -0.1) is 0 Å². The van der Waals surface area contributed by atoms with E-state index in [9.17, 15) is 8.42 Å². The number of nitrogens with zero attached hydrogens (tertiary/aromatic N) is 1. The molecule has 0 atom stereocenters. The van der Waals surface area contributed by atoms with Gasteiger partial charge in [-0.25, -0.2) is 12.7 Å². The largest absolute Gasteiger partial charge is 0.385 e. The molecular weight excluding hydrogens is 204 g/mol. The van der Waals surface area contributed by atoms with E-state index >= 15 is 0 Å². The molecule has 2 N–H and O–H groups in total. The Morgan fingerprint density at radius 1 is 1.36 bits per heavy atom. The first-order valence-electron chi connectivity index (χ1n) is 4.67. The Morgan fingerprint density at radius 3 is 2.50 bits per heavy atom. The molecule has 5 nitrogen and oxygen atoms in total. The van der Waals surface area contributed by atoms with Crippen LogP contribution in [0.25, 0.3) is 0 Å². The second-order valence-electron chi connectivity index (χ2n) is 3.13. The molecule has 0 heterocycles.